The third kappa shape index (κ3) is 4.86. The van der Waals surface area contributed by atoms with E-state index in [4.69, 9.17) is 5.73 Å². The average Bonchev–Trinajstić information content (AvgIpc) is 3.36. The number of aromatic nitrogens is 1. The summed E-state index contributed by atoms with van der Waals surface area (Å²) in [6.45, 7) is 1.91. The Morgan fingerprint density at radius 2 is 1.89 bits per heavy atom. The molecule has 2 aliphatic rings. The molecule has 28 heavy (non-hydrogen) atoms. The highest BCUT2D eigenvalue weighted by Crippen LogP contribution is 2.27. The number of pyridine rings is 1. The number of carboxylic acids is 1. The van der Waals surface area contributed by atoms with Gasteiger partial charge in [0.05, 0.1) is 6.04 Å². The van der Waals surface area contributed by atoms with Crippen LogP contribution in [0.4, 0.5) is 0 Å². The first-order chi connectivity index (χ1) is 13.5. The molecule has 152 valence electrons. The van der Waals surface area contributed by atoms with Crippen LogP contribution in [0.2, 0.25) is 0 Å². The number of amides is 2. The van der Waals surface area contributed by atoms with Gasteiger partial charge in [-0.25, -0.2) is 4.79 Å². The SMILES string of the molecule is N[C@H](CCC(=O)N1CCCC1)C(=O)N1C[C@H](Cc2ccncc2)C[C@H]1C(=O)O. The molecule has 2 saturated heterocycles. The van der Waals surface area contributed by atoms with Crippen molar-refractivity contribution in [2.45, 2.75) is 50.6 Å². The van der Waals surface area contributed by atoms with E-state index in [1.165, 1.54) is 4.90 Å². The quantitative estimate of drug-likeness (QED) is 0.709. The van der Waals surface area contributed by atoms with E-state index in [1.807, 2.05) is 12.1 Å². The van der Waals surface area contributed by atoms with Crippen molar-refractivity contribution in [1.29, 1.82) is 0 Å². The van der Waals surface area contributed by atoms with Crippen molar-refractivity contribution in [3.63, 3.8) is 0 Å². The summed E-state index contributed by atoms with van der Waals surface area (Å²) in [6.07, 6.45) is 7.00. The first-order valence-corrected chi connectivity index (χ1v) is 9.91. The highest BCUT2D eigenvalue weighted by molar-refractivity contribution is 5.88. The van der Waals surface area contributed by atoms with Crippen molar-refractivity contribution in [3.8, 4) is 0 Å². The van der Waals surface area contributed by atoms with Crippen LogP contribution in [0.15, 0.2) is 24.5 Å². The standard InChI is InChI=1S/C20H28N4O4/c21-16(3-4-18(25)23-9-1-2-10-23)19(26)24-13-15(12-17(24)20(27)28)11-14-5-7-22-8-6-14/h5-8,15-17H,1-4,9-13,21H2,(H,27,28)/t15-,16-,17+/m1/s1. The minimum absolute atomic E-state index is 0.0209. The summed E-state index contributed by atoms with van der Waals surface area (Å²) in [6, 6.07) is 2.08. The van der Waals surface area contributed by atoms with Gasteiger partial charge in [0.15, 0.2) is 0 Å². The van der Waals surface area contributed by atoms with E-state index in [1.54, 1.807) is 17.3 Å². The Labute approximate surface area is 164 Å². The van der Waals surface area contributed by atoms with Gasteiger partial charge in [0, 0.05) is 38.4 Å². The van der Waals surface area contributed by atoms with Crippen molar-refractivity contribution in [1.82, 2.24) is 14.8 Å². The number of rotatable bonds is 7. The maximum absolute atomic E-state index is 12.8. The fraction of sp³-hybridized carbons (Fsp3) is 0.600. The van der Waals surface area contributed by atoms with Crippen molar-refractivity contribution < 1.29 is 19.5 Å². The third-order valence-electron chi connectivity index (χ3n) is 5.67. The summed E-state index contributed by atoms with van der Waals surface area (Å²) in [5, 5.41) is 9.55. The van der Waals surface area contributed by atoms with Crippen molar-refractivity contribution >= 4 is 17.8 Å². The molecule has 0 spiro atoms. The minimum Gasteiger partial charge on any atom is -0.480 e. The monoisotopic (exact) mass is 388 g/mol. The Morgan fingerprint density at radius 1 is 1.21 bits per heavy atom. The Morgan fingerprint density at radius 3 is 2.54 bits per heavy atom. The maximum atomic E-state index is 12.8. The second-order valence-corrected chi connectivity index (χ2v) is 7.74. The molecule has 0 radical (unpaired) electrons. The summed E-state index contributed by atoms with van der Waals surface area (Å²) in [5.41, 5.74) is 7.11. The van der Waals surface area contributed by atoms with Crippen molar-refractivity contribution in [2.24, 2.45) is 11.7 Å². The molecule has 8 heteroatoms. The molecule has 1 aromatic heterocycles. The Bertz CT molecular complexity index is 705. The highest BCUT2D eigenvalue weighted by atomic mass is 16.4. The van der Waals surface area contributed by atoms with Crippen LogP contribution in [0.5, 0.6) is 0 Å². The Kier molecular flexibility index (Phi) is 6.61. The van der Waals surface area contributed by atoms with Crippen LogP contribution in [0.3, 0.4) is 0 Å². The van der Waals surface area contributed by atoms with Crippen LogP contribution in [0.1, 0.15) is 37.7 Å². The van der Waals surface area contributed by atoms with Gasteiger partial charge in [0.1, 0.15) is 6.04 Å². The Balaban J connectivity index is 1.56. The molecular formula is C20H28N4O4. The molecule has 2 aliphatic heterocycles. The van der Waals surface area contributed by atoms with Crippen LogP contribution in [-0.2, 0) is 20.8 Å². The lowest BCUT2D eigenvalue weighted by Crippen LogP contribution is -2.48. The summed E-state index contributed by atoms with van der Waals surface area (Å²) >= 11 is 0. The summed E-state index contributed by atoms with van der Waals surface area (Å²) in [4.78, 5) is 43.8. The van der Waals surface area contributed by atoms with Gasteiger partial charge in [-0.3, -0.25) is 14.6 Å². The molecule has 0 aliphatic carbocycles. The molecule has 2 amide bonds. The highest BCUT2D eigenvalue weighted by Gasteiger charge is 2.41. The second-order valence-electron chi connectivity index (χ2n) is 7.74. The normalized spacial score (nSPS) is 23.0. The fourth-order valence-corrected chi connectivity index (χ4v) is 4.14. The molecule has 0 saturated carbocycles. The van der Waals surface area contributed by atoms with Crippen molar-refractivity contribution in [3.05, 3.63) is 30.1 Å². The zero-order chi connectivity index (χ0) is 20.1. The number of carboxylic acid groups (broad SMARTS) is 1. The minimum atomic E-state index is -1.01. The molecule has 0 bridgehead atoms. The van der Waals surface area contributed by atoms with Gasteiger partial charge in [-0.15, -0.1) is 0 Å². The summed E-state index contributed by atoms with van der Waals surface area (Å²) in [7, 11) is 0. The number of nitrogens with two attached hydrogens (primary N) is 1. The molecule has 0 unspecified atom stereocenters. The largest absolute Gasteiger partial charge is 0.480 e. The number of carbonyl (C=O) groups excluding carboxylic acids is 2. The van der Waals surface area contributed by atoms with E-state index in [-0.39, 0.29) is 30.6 Å². The van der Waals surface area contributed by atoms with Crippen LogP contribution < -0.4 is 5.73 Å². The zero-order valence-electron chi connectivity index (χ0n) is 16.0. The van der Waals surface area contributed by atoms with Gasteiger partial charge in [-0.2, -0.15) is 0 Å². The number of likely N-dealkylation sites (tertiary alicyclic amines) is 2. The lowest BCUT2D eigenvalue weighted by atomic mass is 9.97. The van der Waals surface area contributed by atoms with E-state index < -0.39 is 18.1 Å². The predicted molar refractivity (Wildman–Crippen MR) is 102 cm³/mol. The van der Waals surface area contributed by atoms with Gasteiger partial charge >= 0.3 is 5.97 Å². The lowest BCUT2D eigenvalue weighted by Gasteiger charge is -2.25. The van der Waals surface area contributed by atoms with Crippen LogP contribution in [0, 0.1) is 5.92 Å². The number of hydrogen-bond donors (Lipinski definition) is 2. The van der Waals surface area contributed by atoms with E-state index in [0.29, 0.717) is 19.4 Å². The van der Waals surface area contributed by atoms with Crippen LogP contribution in [0.25, 0.3) is 0 Å². The van der Waals surface area contributed by atoms with Gasteiger partial charge in [-0.1, -0.05) is 0 Å². The average molecular weight is 388 g/mol. The third-order valence-corrected chi connectivity index (χ3v) is 5.67. The summed E-state index contributed by atoms with van der Waals surface area (Å²) < 4.78 is 0. The van der Waals surface area contributed by atoms with Crippen LogP contribution >= 0.6 is 0 Å². The Hall–Kier alpha value is -2.48. The molecule has 3 atom stereocenters. The smallest absolute Gasteiger partial charge is 0.326 e. The number of nitrogens with zero attached hydrogens (tertiary/aromatic N) is 3. The molecule has 2 fully saturated rings. The number of hydrogen-bond acceptors (Lipinski definition) is 5. The molecule has 3 rings (SSSR count). The summed E-state index contributed by atoms with van der Waals surface area (Å²) in [5.74, 6) is -1.30. The van der Waals surface area contributed by atoms with Gasteiger partial charge < -0.3 is 20.6 Å². The van der Waals surface area contributed by atoms with Gasteiger partial charge in [0.2, 0.25) is 11.8 Å². The van der Waals surface area contributed by atoms with Gasteiger partial charge in [-0.05, 0) is 55.7 Å². The van der Waals surface area contributed by atoms with E-state index in [0.717, 1.165) is 31.5 Å². The van der Waals surface area contributed by atoms with E-state index in [2.05, 4.69) is 4.98 Å². The van der Waals surface area contributed by atoms with Gasteiger partial charge in [0.25, 0.3) is 0 Å². The molecule has 3 N–H and O–H groups in total. The topological polar surface area (TPSA) is 117 Å². The van der Waals surface area contributed by atoms with Crippen molar-refractivity contribution in [2.75, 3.05) is 19.6 Å². The predicted octanol–water partition coefficient (Wildman–Crippen LogP) is 0.656. The lowest BCUT2D eigenvalue weighted by molar-refractivity contribution is -0.148. The number of aliphatic carboxylic acids is 1. The number of carbonyl (C=O) groups is 3. The molecule has 8 nitrogen and oxygen atoms in total. The molecule has 1 aromatic rings. The second kappa shape index (κ2) is 9.14. The first kappa shape index (κ1) is 20.3. The molecule has 0 aromatic carbocycles. The molecule has 3 heterocycles. The van der Waals surface area contributed by atoms with E-state index in [9.17, 15) is 19.5 Å². The molecular weight excluding hydrogens is 360 g/mol. The first-order valence-electron chi connectivity index (χ1n) is 9.91. The fourth-order valence-electron chi connectivity index (χ4n) is 4.14. The maximum Gasteiger partial charge on any atom is 0.326 e. The van der Waals surface area contributed by atoms with E-state index >= 15 is 0 Å². The zero-order valence-corrected chi connectivity index (χ0v) is 16.0. The van der Waals surface area contributed by atoms with Crippen LogP contribution in [-0.4, -0.2) is 69.4 Å².